The topological polar surface area (TPSA) is 144 Å². The van der Waals surface area contributed by atoms with E-state index in [1.807, 2.05) is 72.8 Å². The summed E-state index contributed by atoms with van der Waals surface area (Å²) in [6.45, 7) is 8.56. The van der Waals surface area contributed by atoms with Gasteiger partial charge < -0.3 is 35.1 Å². The van der Waals surface area contributed by atoms with Gasteiger partial charge in [-0.2, -0.15) is 0 Å². The quantitative estimate of drug-likeness (QED) is 0.0323. The molecule has 3 amide bonds. The second-order valence-electron chi connectivity index (χ2n) is 20.3. The molecule has 1 aromatic heterocycles. The number of carbonyl (C=O) groups is 3. The standard InChI is InChI=1S/C63H97N5O6/c1-4-7-10-13-16-19-22-25-28-31-45-64-58(69)49-72-55-41-37-52(38-42-55)61-62(53-39-43-56(44-40-53)73-50-59(70)65-46-32-29-26-23-20-17-14-11-8-5-2)68-63(67-61)54-35-34-36-57(48-54)74-51-60(71)66-47-33-30-27-24-21-18-15-12-9-6-3/h34-44,48H,4-33,45-47,49-51H2,1-3H3,(H,64,69)(H,65,70)(H,66,71)(H,67,68). The summed E-state index contributed by atoms with van der Waals surface area (Å²) in [4.78, 5) is 46.6. The molecule has 3 aromatic carbocycles. The average molecular weight is 1020 g/mol. The molecule has 4 aromatic rings. The normalized spacial score (nSPS) is 11.1. The van der Waals surface area contributed by atoms with Crippen molar-refractivity contribution < 1.29 is 28.6 Å². The first-order valence-electron chi connectivity index (χ1n) is 29.5. The number of unbranched alkanes of at least 4 members (excludes halogenated alkanes) is 27. The summed E-state index contributed by atoms with van der Waals surface area (Å²) in [6.07, 6.45) is 37.6. The van der Waals surface area contributed by atoms with E-state index in [4.69, 9.17) is 19.2 Å². The second kappa shape index (κ2) is 40.1. The summed E-state index contributed by atoms with van der Waals surface area (Å²) in [5, 5.41) is 9.02. The minimum Gasteiger partial charge on any atom is -0.484 e. The van der Waals surface area contributed by atoms with E-state index in [0.717, 1.165) is 66.6 Å². The van der Waals surface area contributed by atoms with Gasteiger partial charge in [0.25, 0.3) is 17.7 Å². The van der Waals surface area contributed by atoms with Crippen molar-refractivity contribution >= 4 is 17.7 Å². The maximum atomic E-state index is 12.7. The van der Waals surface area contributed by atoms with Gasteiger partial charge in [0.15, 0.2) is 19.8 Å². The molecule has 0 aliphatic carbocycles. The molecule has 0 atom stereocenters. The number of nitrogens with zero attached hydrogens (tertiary/aromatic N) is 1. The van der Waals surface area contributed by atoms with Crippen LogP contribution in [0.25, 0.3) is 33.9 Å². The highest BCUT2D eigenvalue weighted by molar-refractivity contribution is 5.82. The van der Waals surface area contributed by atoms with Crippen molar-refractivity contribution in [3.05, 3.63) is 72.8 Å². The van der Waals surface area contributed by atoms with E-state index in [1.54, 1.807) is 0 Å². The number of amides is 3. The zero-order chi connectivity index (χ0) is 52.5. The van der Waals surface area contributed by atoms with Gasteiger partial charge in [0, 0.05) is 36.3 Å². The molecule has 74 heavy (non-hydrogen) atoms. The Balaban J connectivity index is 1.31. The van der Waals surface area contributed by atoms with Crippen LogP contribution in [0.4, 0.5) is 0 Å². The second-order valence-corrected chi connectivity index (χ2v) is 20.3. The lowest BCUT2D eigenvalue weighted by molar-refractivity contribution is -0.123. The Bertz CT molecular complexity index is 1970. The number of carbonyl (C=O) groups excluding carboxylic acids is 3. The fourth-order valence-corrected chi connectivity index (χ4v) is 9.21. The van der Waals surface area contributed by atoms with E-state index < -0.39 is 0 Å². The van der Waals surface area contributed by atoms with Crippen molar-refractivity contribution in [3.8, 4) is 51.2 Å². The third-order valence-electron chi connectivity index (χ3n) is 13.7. The van der Waals surface area contributed by atoms with Crippen molar-refractivity contribution in [2.45, 2.75) is 213 Å². The molecule has 11 heteroatoms. The lowest BCUT2D eigenvalue weighted by atomic mass is 10.0. The minimum atomic E-state index is -0.135. The summed E-state index contributed by atoms with van der Waals surface area (Å²) >= 11 is 0. The van der Waals surface area contributed by atoms with Crippen molar-refractivity contribution in [1.82, 2.24) is 25.9 Å². The molecule has 1 heterocycles. The number of imidazole rings is 1. The van der Waals surface area contributed by atoms with E-state index in [9.17, 15) is 14.4 Å². The first-order chi connectivity index (χ1) is 36.4. The SMILES string of the molecule is CCCCCCCCCCCCNC(=O)COc1ccc(-c2nc(-c3cccc(OCC(=O)NCCCCCCCCCCCC)c3)[nH]c2-c2ccc(OCC(=O)NCCCCCCCCCCCC)cc2)cc1. The Labute approximate surface area is 447 Å². The first-order valence-corrected chi connectivity index (χ1v) is 29.5. The number of hydrogen-bond acceptors (Lipinski definition) is 7. The summed E-state index contributed by atoms with van der Waals surface area (Å²) < 4.78 is 17.8. The predicted molar refractivity (Wildman–Crippen MR) is 306 cm³/mol. The highest BCUT2D eigenvalue weighted by Gasteiger charge is 2.17. The van der Waals surface area contributed by atoms with Gasteiger partial charge in [-0.15, -0.1) is 0 Å². The Kier molecular flexibility index (Phi) is 33.1. The number of rotatable bonds is 45. The number of ether oxygens (including phenoxy) is 3. The predicted octanol–water partition coefficient (Wildman–Crippen LogP) is 15.7. The van der Waals surface area contributed by atoms with Crippen LogP contribution in [0.3, 0.4) is 0 Å². The maximum absolute atomic E-state index is 12.7. The molecular weight excluding hydrogens is 923 g/mol. The van der Waals surface area contributed by atoms with Gasteiger partial charge in [0.1, 0.15) is 23.1 Å². The van der Waals surface area contributed by atoms with Gasteiger partial charge in [-0.1, -0.05) is 206 Å². The molecule has 4 rings (SSSR count). The van der Waals surface area contributed by atoms with Crippen molar-refractivity contribution in [2.24, 2.45) is 0 Å². The highest BCUT2D eigenvalue weighted by atomic mass is 16.5. The maximum Gasteiger partial charge on any atom is 0.257 e. The van der Waals surface area contributed by atoms with Gasteiger partial charge in [0.05, 0.1) is 11.4 Å². The number of aromatic nitrogens is 2. The van der Waals surface area contributed by atoms with Crippen LogP contribution in [0.1, 0.15) is 213 Å². The lowest BCUT2D eigenvalue weighted by Crippen LogP contribution is -2.29. The number of aromatic amines is 1. The zero-order valence-electron chi connectivity index (χ0n) is 46.3. The van der Waals surface area contributed by atoms with E-state index in [0.29, 0.717) is 42.7 Å². The molecule has 0 saturated carbocycles. The number of H-pyrrole nitrogens is 1. The first kappa shape index (κ1) is 61.2. The minimum absolute atomic E-state index is 0.0502. The molecule has 0 unspecified atom stereocenters. The molecule has 0 spiro atoms. The van der Waals surface area contributed by atoms with Crippen molar-refractivity contribution in [2.75, 3.05) is 39.5 Å². The summed E-state index contributed by atoms with van der Waals surface area (Å²) in [5.41, 5.74) is 4.04. The zero-order valence-corrected chi connectivity index (χ0v) is 46.3. The highest BCUT2D eigenvalue weighted by Crippen LogP contribution is 2.35. The molecular formula is C63H97N5O6. The Morgan fingerprint density at radius 3 is 1.11 bits per heavy atom. The van der Waals surface area contributed by atoms with E-state index in [-0.39, 0.29) is 37.5 Å². The molecule has 11 nitrogen and oxygen atoms in total. The lowest BCUT2D eigenvalue weighted by Gasteiger charge is -2.10. The van der Waals surface area contributed by atoms with Gasteiger partial charge in [0.2, 0.25) is 0 Å². The Hall–Kier alpha value is -5.32. The van der Waals surface area contributed by atoms with E-state index in [1.165, 1.54) is 154 Å². The van der Waals surface area contributed by atoms with Crippen molar-refractivity contribution in [3.63, 3.8) is 0 Å². The molecule has 0 aliphatic rings. The Morgan fingerprint density at radius 2 is 0.730 bits per heavy atom. The number of nitrogens with one attached hydrogen (secondary N) is 4. The third kappa shape index (κ3) is 27.3. The van der Waals surface area contributed by atoms with Crippen LogP contribution in [0.5, 0.6) is 17.2 Å². The monoisotopic (exact) mass is 1020 g/mol. The summed E-state index contributed by atoms with van der Waals surface area (Å²) in [6, 6.07) is 22.8. The summed E-state index contributed by atoms with van der Waals surface area (Å²) in [7, 11) is 0. The average Bonchev–Trinajstić information content (AvgIpc) is 3.87. The van der Waals surface area contributed by atoms with Crippen LogP contribution in [-0.4, -0.2) is 67.1 Å². The smallest absolute Gasteiger partial charge is 0.257 e. The molecule has 0 radical (unpaired) electrons. The van der Waals surface area contributed by atoms with E-state index >= 15 is 0 Å². The summed E-state index contributed by atoms with van der Waals surface area (Å²) in [5.74, 6) is 1.99. The fourth-order valence-electron chi connectivity index (χ4n) is 9.21. The fraction of sp³-hybridized carbons (Fsp3) is 0.619. The van der Waals surface area contributed by atoms with Crippen LogP contribution in [0.2, 0.25) is 0 Å². The van der Waals surface area contributed by atoms with Crippen LogP contribution in [0, 0.1) is 0 Å². The van der Waals surface area contributed by atoms with Gasteiger partial charge >= 0.3 is 0 Å². The van der Waals surface area contributed by atoms with Crippen molar-refractivity contribution in [1.29, 1.82) is 0 Å². The molecule has 0 saturated heterocycles. The third-order valence-corrected chi connectivity index (χ3v) is 13.7. The molecule has 0 aliphatic heterocycles. The molecule has 0 fully saturated rings. The van der Waals surface area contributed by atoms with Gasteiger partial charge in [-0.05, 0) is 79.9 Å². The van der Waals surface area contributed by atoms with E-state index in [2.05, 4.69) is 41.7 Å². The number of benzene rings is 3. The number of hydrogen-bond donors (Lipinski definition) is 4. The molecule has 0 bridgehead atoms. The van der Waals surface area contributed by atoms with Gasteiger partial charge in [-0.25, -0.2) is 4.98 Å². The Morgan fingerprint density at radius 1 is 0.392 bits per heavy atom. The van der Waals surface area contributed by atoms with Crippen LogP contribution in [-0.2, 0) is 14.4 Å². The van der Waals surface area contributed by atoms with Crippen LogP contribution < -0.4 is 30.2 Å². The van der Waals surface area contributed by atoms with Crippen LogP contribution >= 0.6 is 0 Å². The van der Waals surface area contributed by atoms with Crippen LogP contribution in [0.15, 0.2) is 72.8 Å². The molecule has 4 N–H and O–H groups in total. The molecule has 410 valence electrons. The van der Waals surface area contributed by atoms with Gasteiger partial charge in [-0.3, -0.25) is 14.4 Å². The largest absolute Gasteiger partial charge is 0.484 e.